The number of hydrazine groups is 1. The molecule has 4 N–H and O–H groups in total. The quantitative estimate of drug-likeness (QED) is 0.343. The summed E-state index contributed by atoms with van der Waals surface area (Å²) in [5.74, 6) is 0.651. The Bertz CT molecular complexity index is 1400. The first-order valence-corrected chi connectivity index (χ1v) is 14.3. The summed E-state index contributed by atoms with van der Waals surface area (Å²) in [5, 5.41) is 7.22. The van der Waals surface area contributed by atoms with Crippen molar-refractivity contribution in [2.45, 2.75) is 83.1 Å². The number of hydrogen-bond donors (Lipinski definition) is 4. The number of benzene rings is 2. The third-order valence-corrected chi connectivity index (χ3v) is 8.83. The minimum atomic E-state index is -0.321. The van der Waals surface area contributed by atoms with Crippen molar-refractivity contribution in [1.82, 2.24) is 26.1 Å². The van der Waals surface area contributed by atoms with Crippen molar-refractivity contribution in [3.63, 3.8) is 0 Å². The Morgan fingerprint density at radius 1 is 1.03 bits per heavy atom. The Labute approximate surface area is 228 Å². The summed E-state index contributed by atoms with van der Waals surface area (Å²) in [5.41, 5.74) is 10.4. The van der Waals surface area contributed by atoms with Crippen molar-refractivity contribution < 1.29 is 14.0 Å². The summed E-state index contributed by atoms with van der Waals surface area (Å²) >= 11 is 0. The van der Waals surface area contributed by atoms with Crippen LogP contribution >= 0.6 is 0 Å². The van der Waals surface area contributed by atoms with E-state index in [0.717, 1.165) is 48.6 Å². The number of nitrogens with zero attached hydrogens (tertiary/aromatic N) is 1. The van der Waals surface area contributed by atoms with Crippen LogP contribution in [0.3, 0.4) is 0 Å². The molecule has 1 saturated heterocycles. The van der Waals surface area contributed by atoms with Gasteiger partial charge in [-0.2, -0.15) is 0 Å². The Balaban J connectivity index is 1.22. The minimum absolute atomic E-state index is 0.0121. The summed E-state index contributed by atoms with van der Waals surface area (Å²) < 4.78 is 15.9. The Morgan fingerprint density at radius 2 is 1.85 bits per heavy atom. The molecule has 2 aliphatic carbocycles. The normalized spacial score (nSPS) is 25.5. The number of amides is 2. The molecule has 0 radical (unpaired) electrons. The van der Waals surface area contributed by atoms with E-state index in [1.54, 1.807) is 6.07 Å². The topological polar surface area (TPSA) is 87.2 Å². The molecule has 5 atom stereocenters. The number of fused-ring (bicyclic) bond motifs is 2. The molecule has 1 aromatic heterocycles. The number of rotatable bonds is 7. The van der Waals surface area contributed by atoms with E-state index in [4.69, 9.17) is 0 Å². The first-order valence-electron chi connectivity index (χ1n) is 14.3. The molecule has 3 fully saturated rings. The summed E-state index contributed by atoms with van der Waals surface area (Å²) in [7, 11) is 0. The number of aromatic nitrogens is 1. The highest BCUT2D eigenvalue weighted by molar-refractivity contribution is 6.07. The predicted octanol–water partition coefficient (Wildman–Crippen LogP) is 5.06. The zero-order chi connectivity index (χ0) is 27.3. The van der Waals surface area contributed by atoms with Gasteiger partial charge in [0.25, 0.3) is 5.91 Å². The highest BCUT2D eigenvalue weighted by Crippen LogP contribution is 2.40. The van der Waals surface area contributed by atoms with Crippen LogP contribution in [-0.2, 0) is 4.79 Å². The van der Waals surface area contributed by atoms with Crippen LogP contribution in [0.5, 0.6) is 0 Å². The molecular weight excluding hydrogens is 493 g/mol. The third-order valence-electron chi connectivity index (χ3n) is 8.83. The van der Waals surface area contributed by atoms with Gasteiger partial charge in [-0.1, -0.05) is 18.2 Å². The monoisotopic (exact) mass is 531 g/mol. The largest absolute Gasteiger partial charge is 0.345 e. The molecule has 39 heavy (non-hydrogen) atoms. The molecule has 2 saturated carbocycles. The van der Waals surface area contributed by atoms with Crippen molar-refractivity contribution in [2.24, 2.45) is 11.8 Å². The van der Waals surface area contributed by atoms with E-state index in [9.17, 15) is 14.0 Å². The summed E-state index contributed by atoms with van der Waals surface area (Å²) in [4.78, 5) is 25.8. The summed E-state index contributed by atoms with van der Waals surface area (Å²) in [6.07, 6.45) is 6.98. The van der Waals surface area contributed by atoms with Crippen LogP contribution in [0.25, 0.3) is 10.9 Å². The number of hydrogen-bond acceptors (Lipinski definition) is 4. The fourth-order valence-electron chi connectivity index (χ4n) is 6.39. The second kappa shape index (κ2) is 10.4. The van der Waals surface area contributed by atoms with E-state index in [-0.39, 0.29) is 41.8 Å². The van der Waals surface area contributed by atoms with Crippen LogP contribution in [0.2, 0.25) is 0 Å². The molecular formula is C31H38FN5O2. The van der Waals surface area contributed by atoms with Crippen LogP contribution in [-0.4, -0.2) is 28.6 Å². The molecule has 2 heterocycles. The lowest BCUT2D eigenvalue weighted by molar-refractivity contribution is -0.123. The van der Waals surface area contributed by atoms with Crippen LogP contribution in [0.4, 0.5) is 4.39 Å². The van der Waals surface area contributed by atoms with Crippen LogP contribution < -0.4 is 21.5 Å². The van der Waals surface area contributed by atoms with Crippen molar-refractivity contribution >= 4 is 22.7 Å². The molecule has 2 amide bonds. The van der Waals surface area contributed by atoms with E-state index >= 15 is 0 Å². The van der Waals surface area contributed by atoms with E-state index in [1.807, 2.05) is 19.2 Å². The maximum absolute atomic E-state index is 13.8. The van der Waals surface area contributed by atoms with Crippen molar-refractivity contribution in [1.29, 1.82) is 0 Å². The van der Waals surface area contributed by atoms with E-state index < -0.39 is 0 Å². The van der Waals surface area contributed by atoms with Crippen molar-refractivity contribution in [3.8, 4) is 0 Å². The minimum Gasteiger partial charge on any atom is -0.345 e. The highest BCUT2D eigenvalue weighted by Gasteiger charge is 2.42. The Hall–Kier alpha value is -3.23. The zero-order valence-electron chi connectivity index (χ0n) is 22.8. The van der Waals surface area contributed by atoms with Gasteiger partial charge in [-0.15, -0.1) is 0 Å². The molecule has 3 aromatic rings. The third kappa shape index (κ3) is 5.20. The molecule has 206 valence electrons. The smallest absolute Gasteiger partial charge is 0.253 e. The second-order valence-electron chi connectivity index (χ2n) is 11.9. The van der Waals surface area contributed by atoms with Crippen LogP contribution in [0, 0.1) is 17.7 Å². The van der Waals surface area contributed by atoms with Gasteiger partial charge in [0.1, 0.15) is 5.82 Å². The fraction of sp³-hybridized carbons (Fsp3) is 0.484. The maximum atomic E-state index is 13.8. The summed E-state index contributed by atoms with van der Waals surface area (Å²) in [6.45, 7) is 6.10. The zero-order valence-corrected chi connectivity index (χ0v) is 22.8. The van der Waals surface area contributed by atoms with E-state index in [2.05, 4.69) is 58.1 Å². The first kappa shape index (κ1) is 26.0. The van der Waals surface area contributed by atoms with Crippen LogP contribution in [0.15, 0.2) is 48.7 Å². The molecule has 6 rings (SSSR count). The molecule has 0 bridgehead atoms. The molecule has 8 heteroatoms. The molecule has 0 spiro atoms. The molecule has 2 aromatic carbocycles. The van der Waals surface area contributed by atoms with Crippen molar-refractivity contribution in [2.75, 3.05) is 0 Å². The van der Waals surface area contributed by atoms with Crippen LogP contribution in [0.1, 0.15) is 92.4 Å². The number of halogens is 1. The lowest BCUT2D eigenvalue weighted by Crippen LogP contribution is -2.47. The maximum Gasteiger partial charge on any atom is 0.253 e. The summed E-state index contributed by atoms with van der Waals surface area (Å²) in [6, 6.07) is 13.1. The second-order valence-corrected chi connectivity index (χ2v) is 11.9. The van der Waals surface area contributed by atoms with Gasteiger partial charge >= 0.3 is 0 Å². The van der Waals surface area contributed by atoms with Crippen molar-refractivity contribution in [3.05, 3.63) is 71.2 Å². The van der Waals surface area contributed by atoms with Gasteiger partial charge in [0, 0.05) is 41.0 Å². The number of carbonyl (C=O) groups excluding carboxylic acids is 2. The molecule has 3 aliphatic rings. The van der Waals surface area contributed by atoms with Gasteiger partial charge < -0.3 is 15.2 Å². The predicted molar refractivity (Wildman–Crippen MR) is 149 cm³/mol. The van der Waals surface area contributed by atoms with E-state index in [1.165, 1.54) is 17.7 Å². The number of nitrogens with one attached hydrogen (secondary N) is 4. The van der Waals surface area contributed by atoms with Gasteiger partial charge in [0.2, 0.25) is 5.91 Å². The average molecular weight is 532 g/mol. The first-order chi connectivity index (χ1) is 18.8. The molecule has 1 aliphatic heterocycles. The van der Waals surface area contributed by atoms with E-state index in [0.29, 0.717) is 23.4 Å². The fourth-order valence-corrected chi connectivity index (χ4v) is 6.39. The van der Waals surface area contributed by atoms with Gasteiger partial charge in [-0.05, 0) is 94.2 Å². The molecule has 7 nitrogen and oxygen atoms in total. The standard InChI is InChI=1S/C31H38FN5O2/c1-17(2)37-16-26(31(39)33-18(3)20-5-4-6-23(32)13-20)25-14-21(10-12-28(25)37)22-9-11-24-27(15-22)35-36-29(24)34-30(38)19-7-8-19/h4-6,10,12-14,16-19,22,24,27,29,35-36H,7-9,11,15H2,1-3H3,(H,33,39)(H,34,38)/t18-,22?,24?,27?,29?/m0/s1. The number of carbonyl (C=O) groups is 2. The van der Waals surface area contributed by atoms with Gasteiger partial charge in [-0.25, -0.2) is 9.82 Å². The van der Waals surface area contributed by atoms with Gasteiger partial charge in [0.05, 0.1) is 17.8 Å². The average Bonchev–Trinajstić information content (AvgIpc) is 3.60. The highest BCUT2D eigenvalue weighted by atomic mass is 19.1. The Kier molecular flexibility index (Phi) is 6.93. The Morgan fingerprint density at radius 3 is 2.59 bits per heavy atom. The lowest BCUT2D eigenvalue weighted by Gasteiger charge is -2.33. The van der Waals surface area contributed by atoms with Gasteiger partial charge in [-0.3, -0.25) is 15.0 Å². The van der Waals surface area contributed by atoms with Gasteiger partial charge in [0.15, 0.2) is 0 Å². The lowest BCUT2D eigenvalue weighted by atomic mass is 9.75. The molecule has 4 unspecified atom stereocenters. The SMILES string of the molecule is CC(C)n1cc(C(=O)N[C@@H](C)c2cccc(F)c2)c2cc(C3CCC4C(C3)NNC4NC(=O)C3CC3)ccc21.